The largest absolute Gasteiger partial charge is 0.506 e. The van der Waals surface area contributed by atoms with Crippen molar-refractivity contribution in [2.75, 3.05) is 6.54 Å². The number of fused-ring (bicyclic) bond motifs is 1. The minimum Gasteiger partial charge on any atom is -0.506 e. The van der Waals surface area contributed by atoms with Crippen LogP contribution in [0, 0.1) is 0 Å². The number of carbonyl (C=O) groups excluding carboxylic acids is 1. The lowest BCUT2D eigenvalue weighted by Crippen LogP contribution is -2.25. The van der Waals surface area contributed by atoms with Gasteiger partial charge in [-0.15, -0.1) is 11.3 Å². The van der Waals surface area contributed by atoms with Crippen molar-refractivity contribution in [3.05, 3.63) is 71.1 Å². The number of amides is 1. The minimum atomic E-state index is -0.199. The molecular weight excluding hydrogens is 358 g/mol. The van der Waals surface area contributed by atoms with Gasteiger partial charge in [-0.3, -0.25) is 4.79 Å². The maximum Gasteiger partial charge on any atom is 0.253 e. The van der Waals surface area contributed by atoms with Crippen LogP contribution in [0.3, 0.4) is 0 Å². The van der Waals surface area contributed by atoms with Gasteiger partial charge in [0, 0.05) is 6.54 Å². The van der Waals surface area contributed by atoms with Gasteiger partial charge in [-0.05, 0) is 35.6 Å². The van der Waals surface area contributed by atoms with E-state index in [-0.39, 0.29) is 19.1 Å². The fraction of sp³-hybridized carbons (Fsp3) is 0.143. The molecule has 4 rings (SSSR count). The smallest absolute Gasteiger partial charge is 0.253 e. The summed E-state index contributed by atoms with van der Waals surface area (Å²) in [5.74, 6) is 0.529. The van der Waals surface area contributed by atoms with Gasteiger partial charge in [-0.1, -0.05) is 43.8 Å². The van der Waals surface area contributed by atoms with Gasteiger partial charge in [-0.25, -0.2) is 4.98 Å². The third-order valence-corrected chi connectivity index (χ3v) is 5.04. The Bertz CT molecular complexity index is 1040. The second kappa shape index (κ2) is 8.05. The number of carbonyl (C=O) groups is 1. The molecule has 0 unspecified atom stereocenters. The van der Waals surface area contributed by atoms with Crippen molar-refractivity contribution in [2.24, 2.45) is 0 Å². The van der Waals surface area contributed by atoms with E-state index in [1.807, 2.05) is 47.8 Å². The lowest BCUT2D eigenvalue weighted by molar-refractivity contribution is 0.0955. The molecule has 0 saturated carbocycles. The summed E-state index contributed by atoms with van der Waals surface area (Å²) in [6.07, 6.45) is 0.759. The standard InChI is InChI=1S/C20H17N3O2S.CH4/c24-15-9-8-14(20(25)21-11-10-13-5-2-1-3-6-13)17-18(15)23-19(22-17)16-7-4-12-26-16;/h1-9,12,24H,10-11H2,(H,21,25)(H,22,23);1H4. The molecule has 0 spiro atoms. The molecule has 2 heterocycles. The molecule has 0 atom stereocenters. The number of aromatic nitrogens is 2. The normalized spacial score (nSPS) is 10.5. The SMILES string of the molecule is C.O=C(NCCc1ccccc1)c1ccc(O)c2[nH]c(-c3cccs3)nc12. The number of imidazole rings is 1. The fourth-order valence-corrected chi connectivity index (χ4v) is 3.52. The number of phenols is 1. The van der Waals surface area contributed by atoms with Gasteiger partial charge >= 0.3 is 0 Å². The monoisotopic (exact) mass is 379 g/mol. The van der Waals surface area contributed by atoms with Crippen molar-refractivity contribution in [3.63, 3.8) is 0 Å². The molecular formula is C21H21N3O2S. The maximum absolute atomic E-state index is 12.6. The van der Waals surface area contributed by atoms with Crippen LogP contribution in [-0.4, -0.2) is 27.5 Å². The van der Waals surface area contributed by atoms with Crippen molar-refractivity contribution in [2.45, 2.75) is 13.8 Å². The van der Waals surface area contributed by atoms with Crippen molar-refractivity contribution < 1.29 is 9.90 Å². The molecule has 27 heavy (non-hydrogen) atoms. The van der Waals surface area contributed by atoms with E-state index in [0.717, 1.165) is 11.3 Å². The molecule has 0 aliphatic heterocycles. The fourth-order valence-electron chi connectivity index (χ4n) is 2.85. The molecule has 0 bridgehead atoms. The Kier molecular flexibility index (Phi) is 5.57. The number of benzene rings is 2. The van der Waals surface area contributed by atoms with Crippen molar-refractivity contribution in [3.8, 4) is 16.5 Å². The minimum absolute atomic E-state index is 0. The molecule has 2 aromatic heterocycles. The van der Waals surface area contributed by atoms with Crippen LogP contribution in [0.1, 0.15) is 23.3 Å². The number of nitrogens with one attached hydrogen (secondary N) is 2. The topological polar surface area (TPSA) is 78.0 Å². The van der Waals surface area contributed by atoms with Gasteiger partial charge in [0.25, 0.3) is 5.91 Å². The van der Waals surface area contributed by atoms with Crippen LogP contribution in [0.25, 0.3) is 21.7 Å². The third kappa shape index (κ3) is 3.85. The predicted octanol–water partition coefficient (Wildman–Crippen LogP) is 4.61. The van der Waals surface area contributed by atoms with E-state index in [1.165, 1.54) is 11.6 Å². The molecule has 0 aliphatic carbocycles. The quantitative estimate of drug-likeness (QED) is 0.474. The lowest BCUT2D eigenvalue weighted by Gasteiger charge is -2.06. The summed E-state index contributed by atoms with van der Waals surface area (Å²) in [5.41, 5.74) is 2.57. The molecule has 5 nitrogen and oxygen atoms in total. The summed E-state index contributed by atoms with van der Waals surface area (Å²) >= 11 is 1.55. The van der Waals surface area contributed by atoms with Gasteiger partial charge in [0.1, 0.15) is 22.6 Å². The van der Waals surface area contributed by atoms with Crippen molar-refractivity contribution in [1.82, 2.24) is 15.3 Å². The number of hydrogen-bond acceptors (Lipinski definition) is 4. The Hall–Kier alpha value is -3.12. The molecule has 6 heteroatoms. The zero-order valence-electron chi connectivity index (χ0n) is 13.9. The Morgan fingerprint density at radius 2 is 1.93 bits per heavy atom. The number of hydrogen-bond donors (Lipinski definition) is 3. The second-order valence-electron chi connectivity index (χ2n) is 5.91. The Labute approximate surface area is 161 Å². The first-order chi connectivity index (χ1) is 12.7. The van der Waals surface area contributed by atoms with E-state index in [2.05, 4.69) is 15.3 Å². The van der Waals surface area contributed by atoms with Gasteiger partial charge < -0.3 is 15.4 Å². The molecule has 0 saturated heterocycles. The number of aromatic amines is 1. The summed E-state index contributed by atoms with van der Waals surface area (Å²) in [6.45, 7) is 0.535. The average Bonchev–Trinajstić information content (AvgIpc) is 3.33. The highest BCUT2D eigenvalue weighted by atomic mass is 32.1. The van der Waals surface area contributed by atoms with Gasteiger partial charge in [0.05, 0.1) is 10.4 Å². The van der Waals surface area contributed by atoms with Crippen LogP contribution in [0.5, 0.6) is 5.75 Å². The van der Waals surface area contributed by atoms with Crippen molar-refractivity contribution in [1.29, 1.82) is 0 Å². The number of aromatic hydroxyl groups is 1. The lowest BCUT2D eigenvalue weighted by atomic mass is 10.1. The van der Waals surface area contributed by atoms with Crippen LogP contribution in [0.2, 0.25) is 0 Å². The molecule has 3 N–H and O–H groups in total. The zero-order valence-corrected chi connectivity index (χ0v) is 14.7. The van der Waals surface area contributed by atoms with Crippen LogP contribution < -0.4 is 5.32 Å². The molecule has 0 radical (unpaired) electrons. The summed E-state index contributed by atoms with van der Waals surface area (Å²) in [7, 11) is 0. The number of phenolic OH excluding ortho intramolecular Hbond substituents is 1. The number of rotatable bonds is 5. The first kappa shape index (κ1) is 18.7. The van der Waals surface area contributed by atoms with E-state index in [9.17, 15) is 9.90 Å². The Morgan fingerprint density at radius 1 is 1.11 bits per heavy atom. The summed E-state index contributed by atoms with van der Waals surface area (Å²) in [6, 6.07) is 17.0. The van der Waals surface area contributed by atoms with Crippen molar-refractivity contribution >= 4 is 28.3 Å². The molecule has 0 aliphatic rings. The van der Waals surface area contributed by atoms with Crippen LogP contribution >= 0.6 is 11.3 Å². The average molecular weight is 379 g/mol. The van der Waals surface area contributed by atoms with Gasteiger partial charge in [0.15, 0.2) is 0 Å². The Balaban J connectivity index is 0.00000210. The molecule has 138 valence electrons. The molecule has 4 aromatic rings. The molecule has 1 amide bonds. The van der Waals surface area contributed by atoms with E-state index in [1.54, 1.807) is 17.4 Å². The zero-order chi connectivity index (χ0) is 17.9. The highest BCUT2D eigenvalue weighted by Gasteiger charge is 2.17. The number of nitrogens with zero attached hydrogens (tertiary/aromatic N) is 1. The van der Waals surface area contributed by atoms with E-state index < -0.39 is 0 Å². The summed E-state index contributed by atoms with van der Waals surface area (Å²) in [4.78, 5) is 21.2. The van der Waals surface area contributed by atoms with Crippen LogP contribution in [0.4, 0.5) is 0 Å². The van der Waals surface area contributed by atoms with Gasteiger partial charge in [0.2, 0.25) is 0 Å². The van der Waals surface area contributed by atoms with E-state index in [0.29, 0.717) is 29.0 Å². The maximum atomic E-state index is 12.6. The van der Waals surface area contributed by atoms with Crippen LogP contribution in [0.15, 0.2) is 60.0 Å². The highest BCUT2D eigenvalue weighted by Crippen LogP contribution is 2.30. The molecule has 2 aromatic carbocycles. The Morgan fingerprint density at radius 3 is 2.67 bits per heavy atom. The van der Waals surface area contributed by atoms with Gasteiger partial charge in [-0.2, -0.15) is 0 Å². The van der Waals surface area contributed by atoms with E-state index in [4.69, 9.17) is 0 Å². The highest BCUT2D eigenvalue weighted by molar-refractivity contribution is 7.13. The first-order valence-electron chi connectivity index (χ1n) is 8.30. The van der Waals surface area contributed by atoms with Crippen LogP contribution in [-0.2, 0) is 6.42 Å². The van der Waals surface area contributed by atoms with E-state index >= 15 is 0 Å². The third-order valence-electron chi connectivity index (χ3n) is 4.16. The molecule has 0 fully saturated rings. The number of thiophene rings is 1. The number of H-pyrrole nitrogens is 1. The second-order valence-corrected chi connectivity index (χ2v) is 6.86. The summed E-state index contributed by atoms with van der Waals surface area (Å²) in [5, 5.41) is 15.0. The first-order valence-corrected chi connectivity index (χ1v) is 9.18. The predicted molar refractivity (Wildman–Crippen MR) is 110 cm³/mol. The summed E-state index contributed by atoms with van der Waals surface area (Å²) < 4.78 is 0.